The Morgan fingerprint density at radius 1 is 1.20 bits per heavy atom. The lowest BCUT2D eigenvalue weighted by atomic mass is 10.2. The largest absolute Gasteiger partial charge is 0.491 e. The number of halogens is 1. The Kier molecular flexibility index (Phi) is 4.09. The van der Waals surface area contributed by atoms with E-state index in [-0.39, 0.29) is 11.4 Å². The van der Waals surface area contributed by atoms with Crippen molar-refractivity contribution in [1.29, 1.82) is 0 Å². The van der Waals surface area contributed by atoms with Gasteiger partial charge in [-0.25, -0.2) is 4.39 Å². The van der Waals surface area contributed by atoms with Crippen molar-refractivity contribution >= 4 is 0 Å². The standard InChI is InChI=1S/C12H17FO2/c1-12(2,3)15-8-7-14-11-6-4-5-10(13)9-11/h4-6,9H,7-8H2,1-3H3. The second-order valence-electron chi connectivity index (χ2n) is 4.27. The Morgan fingerprint density at radius 3 is 2.53 bits per heavy atom. The molecule has 0 saturated carbocycles. The third kappa shape index (κ3) is 5.37. The number of ether oxygens (including phenoxy) is 2. The summed E-state index contributed by atoms with van der Waals surface area (Å²) >= 11 is 0. The molecule has 0 bridgehead atoms. The molecule has 1 aromatic carbocycles. The van der Waals surface area contributed by atoms with Crippen LogP contribution in [0.4, 0.5) is 4.39 Å². The van der Waals surface area contributed by atoms with Crippen molar-refractivity contribution < 1.29 is 13.9 Å². The highest BCUT2D eigenvalue weighted by atomic mass is 19.1. The third-order valence-corrected chi connectivity index (χ3v) is 1.68. The predicted molar refractivity (Wildman–Crippen MR) is 57.6 cm³/mol. The van der Waals surface area contributed by atoms with Gasteiger partial charge in [-0.05, 0) is 32.9 Å². The van der Waals surface area contributed by atoms with Gasteiger partial charge in [0.25, 0.3) is 0 Å². The fourth-order valence-electron chi connectivity index (χ4n) is 1.06. The minimum atomic E-state index is -0.288. The van der Waals surface area contributed by atoms with Crippen molar-refractivity contribution in [2.24, 2.45) is 0 Å². The average molecular weight is 212 g/mol. The predicted octanol–water partition coefficient (Wildman–Crippen LogP) is 3.02. The lowest BCUT2D eigenvalue weighted by Crippen LogP contribution is -2.22. The molecule has 0 aromatic heterocycles. The number of rotatable bonds is 4. The van der Waals surface area contributed by atoms with Gasteiger partial charge < -0.3 is 9.47 Å². The average Bonchev–Trinajstić information content (AvgIpc) is 2.11. The highest BCUT2D eigenvalue weighted by molar-refractivity contribution is 5.22. The molecule has 0 aliphatic rings. The monoisotopic (exact) mass is 212 g/mol. The van der Waals surface area contributed by atoms with Crippen molar-refractivity contribution in [1.82, 2.24) is 0 Å². The van der Waals surface area contributed by atoms with Crippen LogP contribution >= 0.6 is 0 Å². The SMILES string of the molecule is CC(C)(C)OCCOc1cccc(F)c1. The van der Waals surface area contributed by atoms with E-state index in [0.717, 1.165) is 0 Å². The highest BCUT2D eigenvalue weighted by Crippen LogP contribution is 2.12. The second-order valence-corrected chi connectivity index (χ2v) is 4.27. The first kappa shape index (κ1) is 12.0. The molecule has 2 nitrogen and oxygen atoms in total. The van der Waals surface area contributed by atoms with Crippen LogP contribution in [0.2, 0.25) is 0 Å². The van der Waals surface area contributed by atoms with Gasteiger partial charge in [0, 0.05) is 6.07 Å². The summed E-state index contributed by atoms with van der Waals surface area (Å²) in [6.45, 7) is 6.88. The number of hydrogen-bond donors (Lipinski definition) is 0. The quantitative estimate of drug-likeness (QED) is 0.714. The zero-order valence-corrected chi connectivity index (χ0v) is 9.42. The van der Waals surface area contributed by atoms with Gasteiger partial charge in [0.2, 0.25) is 0 Å². The maximum absolute atomic E-state index is 12.8. The maximum Gasteiger partial charge on any atom is 0.126 e. The fraction of sp³-hybridized carbons (Fsp3) is 0.500. The Morgan fingerprint density at radius 2 is 1.93 bits per heavy atom. The summed E-state index contributed by atoms with van der Waals surface area (Å²) in [5.74, 6) is 0.247. The number of benzene rings is 1. The Balaban J connectivity index is 2.26. The van der Waals surface area contributed by atoms with Gasteiger partial charge >= 0.3 is 0 Å². The van der Waals surface area contributed by atoms with Crippen LogP contribution in [0.15, 0.2) is 24.3 Å². The third-order valence-electron chi connectivity index (χ3n) is 1.68. The molecule has 1 rings (SSSR count). The van der Waals surface area contributed by atoms with Crippen molar-refractivity contribution in [2.75, 3.05) is 13.2 Å². The van der Waals surface area contributed by atoms with E-state index in [2.05, 4.69) is 0 Å². The number of hydrogen-bond acceptors (Lipinski definition) is 2. The lowest BCUT2D eigenvalue weighted by Gasteiger charge is -2.19. The van der Waals surface area contributed by atoms with Gasteiger partial charge in [0.1, 0.15) is 18.2 Å². The van der Waals surface area contributed by atoms with E-state index < -0.39 is 0 Å². The van der Waals surface area contributed by atoms with Crippen LogP contribution in [-0.4, -0.2) is 18.8 Å². The van der Waals surface area contributed by atoms with Crippen molar-refractivity contribution in [2.45, 2.75) is 26.4 Å². The smallest absolute Gasteiger partial charge is 0.126 e. The molecule has 3 heteroatoms. The molecule has 0 aliphatic heterocycles. The molecule has 0 aliphatic carbocycles. The van der Waals surface area contributed by atoms with Crippen LogP contribution in [-0.2, 0) is 4.74 Å². The van der Waals surface area contributed by atoms with Gasteiger partial charge in [-0.1, -0.05) is 6.07 Å². The summed E-state index contributed by atoms with van der Waals surface area (Å²) in [6, 6.07) is 6.09. The molecule has 0 atom stereocenters. The molecule has 0 spiro atoms. The van der Waals surface area contributed by atoms with E-state index in [4.69, 9.17) is 9.47 Å². The highest BCUT2D eigenvalue weighted by Gasteiger charge is 2.09. The first-order valence-electron chi connectivity index (χ1n) is 5.00. The minimum absolute atomic E-state index is 0.161. The summed E-state index contributed by atoms with van der Waals surface area (Å²) in [7, 11) is 0. The van der Waals surface area contributed by atoms with Gasteiger partial charge in [-0.2, -0.15) is 0 Å². The second kappa shape index (κ2) is 5.12. The summed E-state index contributed by atoms with van der Waals surface area (Å²) in [5, 5.41) is 0. The summed E-state index contributed by atoms with van der Waals surface area (Å²) in [5.41, 5.74) is -0.161. The normalized spacial score (nSPS) is 11.5. The lowest BCUT2D eigenvalue weighted by molar-refractivity contribution is -0.0163. The van der Waals surface area contributed by atoms with E-state index in [0.29, 0.717) is 19.0 Å². The summed E-state index contributed by atoms with van der Waals surface area (Å²) in [6.07, 6.45) is 0. The zero-order chi connectivity index (χ0) is 11.3. The van der Waals surface area contributed by atoms with E-state index in [1.165, 1.54) is 12.1 Å². The topological polar surface area (TPSA) is 18.5 Å². The van der Waals surface area contributed by atoms with E-state index in [9.17, 15) is 4.39 Å². The van der Waals surface area contributed by atoms with Gasteiger partial charge in [0.15, 0.2) is 0 Å². The molecule has 0 heterocycles. The molecule has 0 radical (unpaired) electrons. The Labute approximate surface area is 90.0 Å². The Bertz CT molecular complexity index is 305. The van der Waals surface area contributed by atoms with E-state index in [1.54, 1.807) is 12.1 Å². The van der Waals surface area contributed by atoms with Gasteiger partial charge in [-0.3, -0.25) is 0 Å². The fourth-order valence-corrected chi connectivity index (χ4v) is 1.06. The summed E-state index contributed by atoms with van der Waals surface area (Å²) in [4.78, 5) is 0. The molecule has 0 unspecified atom stereocenters. The maximum atomic E-state index is 12.8. The van der Waals surface area contributed by atoms with Crippen LogP contribution in [0, 0.1) is 5.82 Å². The van der Waals surface area contributed by atoms with Crippen LogP contribution in [0.25, 0.3) is 0 Å². The first-order chi connectivity index (χ1) is 6.97. The van der Waals surface area contributed by atoms with Crippen molar-refractivity contribution in [3.05, 3.63) is 30.1 Å². The van der Waals surface area contributed by atoms with Crippen LogP contribution in [0.5, 0.6) is 5.75 Å². The molecule has 0 saturated heterocycles. The molecule has 1 aromatic rings. The minimum Gasteiger partial charge on any atom is -0.491 e. The van der Waals surface area contributed by atoms with Crippen molar-refractivity contribution in [3.63, 3.8) is 0 Å². The summed E-state index contributed by atoms with van der Waals surface area (Å²) < 4.78 is 23.5. The van der Waals surface area contributed by atoms with Crippen molar-refractivity contribution in [3.8, 4) is 5.75 Å². The molecule has 0 amide bonds. The van der Waals surface area contributed by atoms with Crippen LogP contribution in [0.3, 0.4) is 0 Å². The molecule has 0 fully saturated rings. The van der Waals surface area contributed by atoms with Crippen LogP contribution < -0.4 is 4.74 Å². The molecular weight excluding hydrogens is 195 g/mol. The molecular formula is C12H17FO2. The first-order valence-corrected chi connectivity index (χ1v) is 5.00. The van der Waals surface area contributed by atoms with E-state index >= 15 is 0 Å². The van der Waals surface area contributed by atoms with Gasteiger partial charge in [-0.15, -0.1) is 0 Å². The molecule has 84 valence electrons. The Hall–Kier alpha value is -1.09. The molecule has 15 heavy (non-hydrogen) atoms. The van der Waals surface area contributed by atoms with Gasteiger partial charge in [0.05, 0.1) is 12.2 Å². The van der Waals surface area contributed by atoms with Crippen LogP contribution in [0.1, 0.15) is 20.8 Å². The molecule has 0 N–H and O–H groups in total. The zero-order valence-electron chi connectivity index (χ0n) is 9.42. The van der Waals surface area contributed by atoms with E-state index in [1.807, 2.05) is 20.8 Å².